The van der Waals surface area contributed by atoms with Crippen molar-refractivity contribution in [1.82, 2.24) is 4.98 Å². The average Bonchev–Trinajstić information content (AvgIpc) is 3.34. The Balaban J connectivity index is 1.35. The number of hydrogen-bond donors (Lipinski definition) is 0. The van der Waals surface area contributed by atoms with Crippen LogP contribution in [0.25, 0.3) is 11.1 Å². The van der Waals surface area contributed by atoms with Crippen molar-refractivity contribution in [2.45, 2.75) is 31.6 Å². The van der Waals surface area contributed by atoms with Gasteiger partial charge in [-0.25, -0.2) is 4.98 Å². The molecule has 0 radical (unpaired) electrons. The fourth-order valence-electron chi connectivity index (χ4n) is 3.44. The molecule has 8 heteroatoms. The van der Waals surface area contributed by atoms with Crippen molar-refractivity contribution in [3.8, 4) is 0 Å². The molecule has 4 rings (SSSR count). The third kappa shape index (κ3) is 4.09. The lowest BCUT2D eigenvalue weighted by atomic mass is 10.0. The molecule has 0 fully saturated rings. The molecule has 30 heavy (non-hydrogen) atoms. The van der Waals surface area contributed by atoms with Gasteiger partial charge in [0, 0.05) is 24.7 Å². The van der Waals surface area contributed by atoms with E-state index in [-0.39, 0.29) is 17.4 Å². The summed E-state index contributed by atoms with van der Waals surface area (Å²) < 4.78 is 10.9. The highest BCUT2D eigenvalue weighted by Crippen LogP contribution is 2.29. The number of thioether (sulfide) groups is 1. The number of hydrogen-bond acceptors (Lipinski definition) is 7. The summed E-state index contributed by atoms with van der Waals surface area (Å²) in [6.45, 7) is 3.69. The van der Waals surface area contributed by atoms with Crippen LogP contribution >= 0.6 is 11.8 Å². The second kappa shape index (κ2) is 8.31. The van der Waals surface area contributed by atoms with Gasteiger partial charge in [-0.3, -0.25) is 14.4 Å². The molecule has 0 aliphatic carbocycles. The summed E-state index contributed by atoms with van der Waals surface area (Å²) in [5.74, 6) is -0.833. The van der Waals surface area contributed by atoms with Gasteiger partial charge in [0.25, 0.3) is 5.22 Å². The van der Waals surface area contributed by atoms with Crippen LogP contribution in [0, 0.1) is 0 Å². The predicted molar refractivity (Wildman–Crippen MR) is 113 cm³/mol. The summed E-state index contributed by atoms with van der Waals surface area (Å²) in [5.41, 5.74) is 3.61. The van der Waals surface area contributed by atoms with Crippen molar-refractivity contribution in [3.05, 3.63) is 53.6 Å². The number of amides is 1. The Kier molecular flexibility index (Phi) is 5.59. The van der Waals surface area contributed by atoms with Crippen molar-refractivity contribution >= 4 is 46.2 Å². The van der Waals surface area contributed by atoms with Crippen molar-refractivity contribution in [1.29, 1.82) is 0 Å². The Hall–Kier alpha value is -3.13. The highest BCUT2D eigenvalue weighted by molar-refractivity contribution is 7.99. The molecule has 1 aliphatic heterocycles. The fourth-order valence-corrected chi connectivity index (χ4v) is 4.06. The van der Waals surface area contributed by atoms with Crippen LogP contribution in [0.3, 0.4) is 0 Å². The minimum absolute atomic E-state index is 0.0117. The van der Waals surface area contributed by atoms with Crippen molar-refractivity contribution in [3.63, 3.8) is 0 Å². The molecule has 1 amide bonds. The van der Waals surface area contributed by atoms with Gasteiger partial charge in [0.05, 0.1) is 0 Å². The van der Waals surface area contributed by atoms with E-state index in [0.717, 1.165) is 28.5 Å². The van der Waals surface area contributed by atoms with E-state index in [0.29, 0.717) is 29.3 Å². The second-order valence-electron chi connectivity index (χ2n) is 7.00. The highest BCUT2D eigenvalue weighted by Gasteiger charge is 2.25. The van der Waals surface area contributed by atoms with Gasteiger partial charge in [0.1, 0.15) is 11.3 Å². The van der Waals surface area contributed by atoms with Gasteiger partial charge in [-0.2, -0.15) is 0 Å². The molecule has 0 bridgehead atoms. The van der Waals surface area contributed by atoms with Crippen molar-refractivity contribution in [2.24, 2.45) is 0 Å². The van der Waals surface area contributed by atoms with Gasteiger partial charge in [-0.05, 0) is 49.2 Å². The summed E-state index contributed by atoms with van der Waals surface area (Å²) >= 11 is 1.12. The molecule has 3 aromatic rings. The maximum atomic E-state index is 12.7. The summed E-state index contributed by atoms with van der Waals surface area (Å²) in [6.07, 6.45) is -0.212. The van der Waals surface area contributed by atoms with Crippen LogP contribution in [0.4, 0.5) is 5.69 Å². The Morgan fingerprint density at radius 3 is 2.80 bits per heavy atom. The van der Waals surface area contributed by atoms with E-state index in [1.54, 1.807) is 36.1 Å². The molecule has 0 spiro atoms. The Bertz CT molecular complexity index is 1110. The van der Waals surface area contributed by atoms with Gasteiger partial charge in [-0.15, -0.1) is 0 Å². The molecule has 0 N–H and O–H groups in total. The summed E-state index contributed by atoms with van der Waals surface area (Å²) in [7, 11) is 0. The minimum atomic E-state index is -0.912. The number of ketones is 1. The number of benzene rings is 2. The number of rotatable bonds is 6. The maximum absolute atomic E-state index is 12.7. The molecule has 0 saturated heterocycles. The van der Waals surface area contributed by atoms with Gasteiger partial charge in [-0.1, -0.05) is 23.9 Å². The van der Waals surface area contributed by atoms with Crippen LogP contribution in [0.15, 0.2) is 52.1 Å². The normalized spacial score (nSPS) is 13.9. The first-order valence-corrected chi connectivity index (χ1v) is 10.5. The van der Waals surface area contributed by atoms with Gasteiger partial charge in [0.2, 0.25) is 11.7 Å². The van der Waals surface area contributed by atoms with Crippen LogP contribution in [-0.2, 0) is 20.7 Å². The van der Waals surface area contributed by atoms with E-state index in [4.69, 9.17) is 9.15 Å². The number of esters is 1. The van der Waals surface area contributed by atoms with Crippen molar-refractivity contribution < 1.29 is 23.5 Å². The second-order valence-corrected chi connectivity index (χ2v) is 7.92. The van der Waals surface area contributed by atoms with Crippen LogP contribution in [-0.4, -0.2) is 41.0 Å². The number of oxazole rings is 1. The van der Waals surface area contributed by atoms with Gasteiger partial charge < -0.3 is 14.1 Å². The Morgan fingerprint density at radius 2 is 2.03 bits per heavy atom. The lowest BCUT2D eigenvalue weighted by Gasteiger charge is -2.16. The molecule has 1 aliphatic rings. The molecule has 0 saturated carbocycles. The number of para-hydroxylation sites is 2. The summed E-state index contributed by atoms with van der Waals surface area (Å²) in [6, 6.07) is 12.6. The first kappa shape index (κ1) is 20.2. The smallest absolute Gasteiger partial charge is 0.317 e. The number of carbonyl (C=O) groups excluding carboxylic acids is 3. The highest BCUT2D eigenvalue weighted by atomic mass is 32.2. The summed E-state index contributed by atoms with van der Waals surface area (Å²) in [5, 5.41) is 0.376. The molecule has 1 atom stereocenters. The molecule has 1 aromatic heterocycles. The first-order valence-electron chi connectivity index (χ1n) is 9.55. The third-order valence-electron chi connectivity index (χ3n) is 4.90. The van der Waals surface area contributed by atoms with Crippen LogP contribution in [0.1, 0.15) is 29.8 Å². The number of carbonyl (C=O) groups is 3. The lowest BCUT2D eigenvalue weighted by molar-refractivity contribution is -0.143. The van der Waals surface area contributed by atoms with E-state index >= 15 is 0 Å². The monoisotopic (exact) mass is 424 g/mol. The molecule has 2 heterocycles. The fraction of sp³-hybridized carbons (Fsp3) is 0.273. The van der Waals surface area contributed by atoms with E-state index in [1.807, 2.05) is 18.2 Å². The van der Waals surface area contributed by atoms with Crippen LogP contribution < -0.4 is 4.90 Å². The third-order valence-corrected chi connectivity index (χ3v) is 5.71. The SMILES string of the molecule is CC(=O)N1CCc2cc(C(=O)C(C)OC(=O)CSc3nc4ccccc4o3)ccc21. The lowest BCUT2D eigenvalue weighted by Crippen LogP contribution is -2.26. The number of Topliss-reactive ketones (excluding diaryl/α,β-unsaturated/α-hetero) is 1. The molecule has 154 valence electrons. The summed E-state index contributed by atoms with van der Waals surface area (Å²) in [4.78, 5) is 42.5. The zero-order valence-corrected chi connectivity index (χ0v) is 17.4. The first-order chi connectivity index (χ1) is 14.4. The van der Waals surface area contributed by atoms with Crippen molar-refractivity contribution in [2.75, 3.05) is 17.2 Å². The average molecular weight is 424 g/mol. The number of anilines is 1. The topological polar surface area (TPSA) is 89.7 Å². The van der Waals surface area contributed by atoms with E-state index in [2.05, 4.69) is 4.98 Å². The number of aromatic nitrogens is 1. The van der Waals surface area contributed by atoms with E-state index in [1.165, 1.54) is 6.92 Å². The minimum Gasteiger partial charge on any atom is -0.454 e. The van der Waals surface area contributed by atoms with Crippen LogP contribution in [0.2, 0.25) is 0 Å². The number of fused-ring (bicyclic) bond motifs is 2. The van der Waals surface area contributed by atoms with E-state index in [9.17, 15) is 14.4 Å². The van der Waals surface area contributed by atoms with Gasteiger partial charge in [0.15, 0.2) is 11.7 Å². The quantitative estimate of drug-likeness (QED) is 0.339. The molecule has 1 unspecified atom stereocenters. The molecule has 2 aromatic carbocycles. The van der Waals surface area contributed by atoms with Crippen LogP contribution in [0.5, 0.6) is 0 Å². The predicted octanol–water partition coefficient (Wildman–Crippen LogP) is 3.64. The van der Waals surface area contributed by atoms with Gasteiger partial charge >= 0.3 is 5.97 Å². The zero-order valence-electron chi connectivity index (χ0n) is 16.6. The molecule has 7 nitrogen and oxygen atoms in total. The zero-order chi connectivity index (χ0) is 21.3. The Morgan fingerprint density at radius 1 is 1.23 bits per heavy atom. The standard InChI is InChI=1S/C22H20N2O5S/c1-13(21(27)16-7-8-18-15(11-16)9-10-24(18)14(2)25)28-20(26)12-30-22-23-17-5-3-4-6-19(17)29-22/h3-8,11,13H,9-10,12H2,1-2H3. The maximum Gasteiger partial charge on any atom is 0.317 e. The number of ether oxygens (including phenoxy) is 1. The molecular formula is C22H20N2O5S. The number of nitrogens with zero attached hydrogens (tertiary/aromatic N) is 2. The molecular weight excluding hydrogens is 404 g/mol. The Labute approximate surface area is 177 Å². The van der Waals surface area contributed by atoms with E-state index < -0.39 is 12.1 Å². The largest absolute Gasteiger partial charge is 0.454 e.